The number of aromatic amines is 1. The summed E-state index contributed by atoms with van der Waals surface area (Å²) in [5.74, 6) is -0.0131. The number of benzene rings is 1. The first-order valence-electron chi connectivity index (χ1n) is 5.71. The van der Waals surface area contributed by atoms with Gasteiger partial charge in [0.05, 0.1) is 6.04 Å². The molecule has 0 saturated carbocycles. The second kappa shape index (κ2) is 4.59. The van der Waals surface area contributed by atoms with Crippen LogP contribution in [0.4, 0.5) is 5.69 Å². The number of carbonyl (C=O) groups excluding carboxylic acids is 1. The van der Waals surface area contributed by atoms with Gasteiger partial charge in [0.15, 0.2) is 0 Å². The number of fused-ring (bicyclic) bond motifs is 1. The van der Waals surface area contributed by atoms with E-state index in [-0.39, 0.29) is 11.8 Å². The number of amides is 1. The molecule has 0 aliphatic rings. The molecule has 0 aliphatic heterocycles. The highest BCUT2D eigenvalue weighted by Gasteiger charge is 2.17. The standard InChI is InChI=1S/C13H17N3O/c1-8(2)12(14)13(17)16-10-3-4-11-9(7-10)5-6-15-11/h3-8,12,15H,14H2,1-2H3,(H,16,17)/t12-/m0/s1. The van der Waals surface area contributed by atoms with Gasteiger partial charge in [-0.15, -0.1) is 0 Å². The number of nitrogens with one attached hydrogen (secondary N) is 2. The lowest BCUT2D eigenvalue weighted by atomic mass is 10.0. The molecule has 0 fully saturated rings. The summed E-state index contributed by atoms with van der Waals surface area (Å²) >= 11 is 0. The normalized spacial score (nSPS) is 12.9. The highest BCUT2D eigenvalue weighted by atomic mass is 16.2. The van der Waals surface area contributed by atoms with Crippen LogP contribution in [0.15, 0.2) is 30.5 Å². The summed E-state index contributed by atoms with van der Waals surface area (Å²) in [6.07, 6.45) is 1.87. The average Bonchev–Trinajstić information content (AvgIpc) is 2.74. The van der Waals surface area contributed by atoms with Gasteiger partial charge in [0.1, 0.15) is 0 Å². The van der Waals surface area contributed by atoms with Crippen LogP contribution in [0.3, 0.4) is 0 Å². The minimum Gasteiger partial charge on any atom is -0.361 e. The number of hydrogen-bond acceptors (Lipinski definition) is 2. The molecule has 1 atom stereocenters. The molecule has 0 saturated heterocycles. The van der Waals surface area contributed by atoms with Crippen molar-refractivity contribution in [1.82, 2.24) is 4.98 Å². The lowest BCUT2D eigenvalue weighted by Crippen LogP contribution is -2.39. The van der Waals surface area contributed by atoms with Crippen molar-refractivity contribution in [3.05, 3.63) is 30.5 Å². The zero-order chi connectivity index (χ0) is 12.4. The molecule has 1 heterocycles. The van der Waals surface area contributed by atoms with Crippen molar-refractivity contribution in [2.24, 2.45) is 11.7 Å². The van der Waals surface area contributed by atoms with Crippen molar-refractivity contribution in [2.75, 3.05) is 5.32 Å². The van der Waals surface area contributed by atoms with E-state index in [0.29, 0.717) is 0 Å². The average molecular weight is 231 g/mol. The van der Waals surface area contributed by atoms with Gasteiger partial charge in [0.25, 0.3) is 0 Å². The fourth-order valence-corrected chi connectivity index (χ4v) is 1.66. The van der Waals surface area contributed by atoms with Gasteiger partial charge in [-0.1, -0.05) is 13.8 Å². The zero-order valence-electron chi connectivity index (χ0n) is 10.0. The maximum atomic E-state index is 11.8. The van der Waals surface area contributed by atoms with Gasteiger partial charge in [0.2, 0.25) is 5.91 Å². The molecule has 2 rings (SSSR count). The van der Waals surface area contributed by atoms with Crippen LogP contribution < -0.4 is 11.1 Å². The molecular weight excluding hydrogens is 214 g/mol. The molecule has 1 aromatic heterocycles. The lowest BCUT2D eigenvalue weighted by molar-refractivity contribution is -0.118. The summed E-state index contributed by atoms with van der Waals surface area (Å²) in [7, 11) is 0. The number of H-pyrrole nitrogens is 1. The van der Waals surface area contributed by atoms with Crippen molar-refractivity contribution in [2.45, 2.75) is 19.9 Å². The zero-order valence-corrected chi connectivity index (χ0v) is 10.0. The fraction of sp³-hybridized carbons (Fsp3) is 0.308. The maximum Gasteiger partial charge on any atom is 0.241 e. The molecule has 2 aromatic rings. The monoisotopic (exact) mass is 231 g/mol. The molecule has 1 amide bonds. The predicted molar refractivity (Wildman–Crippen MR) is 69.7 cm³/mol. The van der Waals surface area contributed by atoms with E-state index in [1.807, 2.05) is 44.3 Å². The van der Waals surface area contributed by atoms with Gasteiger partial charge in [-0.2, -0.15) is 0 Å². The molecule has 0 spiro atoms. The SMILES string of the molecule is CC(C)[C@H](N)C(=O)Nc1ccc2[nH]ccc2c1. The van der Waals surface area contributed by atoms with Gasteiger partial charge >= 0.3 is 0 Å². The fourth-order valence-electron chi connectivity index (χ4n) is 1.66. The second-order valence-electron chi connectivity index (χ2n) is 4.54. The van der Waals surface area contributed by atoms with Crippen LogP contribution in [0.2, 0.25) is 0 Å². The quantitative estimate of drug-likeness (QED) is 0.757. The number of carbonyl (C=O) groups is 1. The minimum atomic E-state index is -0.475. The molecular formula is C13H17N3O. The third-order valence-electron chi connectivity index (χ3n) is 2.84. The summed E-state index contributed by atoms with van der Waals surface area (Å²) in [6.45, 7) is 3.86. The van der Waals surface area contributed by atoms with Gasteiger partial charge in [-0.25, -0.2) is 0 Å². The Hall–Kier alpha value is -1.81. The second-order valence-corrected chi connectivity index (χ2v) is 4.54. The van der Waals surface area contributed by atoms with E-state index in [4.69, 9.17) is 5.73 Å². The van der Waals surface area contributed by atoms with E-state index >= 15 is 0 Å². The van der Waals surface area contributed by atoms with Gasteiger partial charge in [-0.05, 0) is 30.2 Å². The Morgan fingerprint density at radius 3 is 2.82 bits per heavy atom. The topological polar surface area (TPSA) is 70.9 Å². The summed E-state index contributed by atoms with van der Waals surface area (Å²) < 4.78 is 0. The number of hydrogen-bond donors (Lipinski definition) is 3. The van der Waals surface area contributed by atoms with Crippen LogP contribution in [-0.4, -0.2) is 16.9 Å². The Morgan fingerprint density at radius 1 is 1.35 bits per heavy atom. The highest BCUT2D eigenvalue weighted by molar-refractivity contribution is 5.96. The molecule has 0 radical (unpaired) electrons. The Balaban J connectivity index is 2.15. The van der Waals surface area contributed by atoms with Crippen molar-refractivity contribution in [3.63, 3.8) is 0 Å². The number of nitrogens with two attached hydrogens (primary N) is 1. The van der Waals surface area contributed by atoms with Crippen molar-refractivity contribution < 1.29 is 4.79 Å². The van der Waals surface area contributed by atoms with Gasteiger partial charge < -0.3 is 16.0 Å². The Morgan fingerprint density at radius 2 is 2.12 bits per heavy atom. The van der Waals surface area contributed by atoms with Crippen LogP contribution in [-0.2, 0) is 4.79 Å². The molecule has 0 aliphatic carbocycles. The summed E-state index contributed by atoms with van der Waals surface area (Å²) in [4.78, 5) is 14.9. The van der Waals surface area contributed by atoms with Gasteiger partial charge in [0, 0.05) is 22.8 Å². The van der Waals surface area contributed by atoms with Crippen LogP contribution in [0.5, 0.6) is 0 Å². The lowest BCUT2D eigenvalue weighted by Gasteiger charge is -2.15. The largest absolute Gasteiger partial charge is 0.361 e. The Bertz CT molecular complexity index is 530. The van der Waals surface area contributed by atoms with E-state index < -0.39 is 6.04 Å². The number of aromatic nitrogens is 1. The van der Waals surface area contributed by atoms with E-state index in [1.54, 1.807) is 0 Å². The maximum absolute atomic E-state index is 11.8. The third-order valence-corrected chi connectivity index (χ3v) is 2.84. The van der Waals surface area contributed by atoms with E-state index in [9.17, 15) is 4.79 Å². The van der Waals surface area contributed by atoms with E-state index in [2.05, 4.69) is 10.3 Å². The Labute approximate surface area is 100 Å². The van der Waals surface area contributed by atoms with Crippen LogP contribution >= 0.6 is 0 Å². The first-order chi connectivity index (χ1) is 8.08. The summed E-state index contributed by atoms with van der Waals surface area (Å²) in [6, 6.07) is 7.22. The molecule has 4 N–H and O–H groups in total. The highest BCUT2D eigenvalue weighted by Crippen LogP contribution is 2.18. The van der Waals surface area contributed by atoms with Crippen molar-refractivity contribution in [3.8, 4) is 0 Å². The molecule has 0 bridgehead atoms. The van der Waals surface area contributed by atoms with Crippen LogP contribution in [0.25, 0.3) is 10.9 Å². The first-order valence-corrected chi connectivity index (χ1v) is 5.71. The number of anilines is 1. The molecule has 4 heteroatoms. The smallest absolute Gasteiger partial charge is 0.241 e. The van der Waals surface area contributed by atoms with Gasteiger partial charge in [-0.3, -0.25) is 4.79 Å². The summed E-state index contributed by atoms with van der Waals surface area (Å²) in [5, 5.41) is 3.90. The molecule has 1 aromatic carbocycles. The Kier molecular flexibility index (Phi) is 3.15. The van der Waals surface area contributed by atoms with Crippen LogP contribution in [0, 0.1) is 5.92 Å². The molecule has 0 unspecified atom stereocenters. The number of rotatable bonds is 3. The molecule has 90 valence electrons. The first kappa shape index (κ1) is 11.7. The van der Waals surface area contributed by atoms with Crippen molar-refractivity contribution in [1.29, 1.82) is 0 Å². The van der Waals surface area contributed by atoms with E-state index in [1.165, 1.54) is 0 Å². The third kappa shape index (κ3) is 2.47. The van der Waals surface area contributed by atoms with Crippen molar-refractivity contribution >= 4 is 22.5 Å². The van der Waals surface area contributed by atoms with E-state index in [0.717, 1.165) is 16.6 Å². The van der Waals surface area contributed by atoms with Crippen LogP contribution in [0.1, 0.15) is 13.8 Å². The molecule has 17 heavy (non-hydrogen) atoms. The minimum absolute atomic E-state index is 0.131. The molecule has 4 nitrogen and oxygen atoms in total. The summed E-state index contributed by atoms with van der Waals surface area (Å²) in [5.41, 5.74) is 7.61. The predicted octanol–water partition coefficient (Wildman–Crippen LogP) is 2.09.